The number of halogens is 1. The third kappa shape index (κ3) is 4.33. The normalized spacial score (nSPS) is 10.6. The van der Waals surface area contributed by atoms with Gasteiger partial charge in [-0.1, -0.05) is 6.07 Å². The first-order valence-electron chi connectivity index (χ1n) is 10.8. The molecule has 0 saturated carbocycles. The smallest absolute Gasteiger partial charge is 0.203 e. The van der Waals surface area contributed by atoms with Gasteiger partial charge in [0.1, 0.15) is 12.1 Å². The van der Waals surface area contributed by atoms with Gasteiger partial charge in [0, 0.05) is 29.4 Å². The fourth-order valence-electron chi connectivity index (χ4n) is 4.02. The Bertz CT molecular complexity index is 1390. The average molecular weight is 496 g/mol. The van der Waals surface area contributed by atoms with E-state index >= 15 is 0 Å². The van der Waals surface area contributed by atoms with Crippen LogP contribution in [0.15, 0.2) is 42.7 Å². The van der Waals surface area contributed by atoms with Gasteiger partial charge in [0.05, 0.1) is 53.6 Å². The standard InChI is InChI=1S/C26H26FN3O6/c1-31-18-8-7-14(9-16(18)27)22-23-17(12-21(34-4)25(22)36-6)28-13-29-26(23)30-15-10-19(32-2)24(35-5)20(11-15)33-3/h7-13H,1-6H3,(H,28,29,30). The molecule has 9 nitrogen and oxygen atoms in total. The van der Waals surface area contributed by atoms with Gasteiger partial charge in [-0.3, -0.25) is 0 Å². The number of hydrogen-bond acceptors (Lipinski definition) is 9. The molecular formula is C26H26FN3O6. The third-order valence-electron chi connectivity index (χ3n) is 5.64. The molecule has 0 aliphatic heterocycles. The van der Waals surface area contributed by atoms with E-state index in [0.717, 1.165) is 0 Å². The minimum atomic E-state index is -0.524. The van der Waals surface area contributed by atoms with Crippen LogP contribution in [0, 0.1) is 5.82 Å². The largest absolute Gasteiger partial charge is 0.494 e. The monoisotopic (exact) mass is 495 g/mol. The van der Waals surface area contributed by atoms with Crippen LogP contribution in [0.2, 0.25) is 0 Å². The lowest BCUT2D eigenvalue weighted by Crippen LogP contribution is -2.02. The molecule has 10 heteroatoms. The molecular weight excluding hydrogens is 469 g/mol. The van der Waals surface area contributed by atoms with Crippen LogP contribution in [0.4, 0.5) is 15.9 Å². The number of fused-ring (bicyclic) bond motifs is 1. The summed E-state index contributed by atoms with van der Waals surface area (Å²) in [5.41, 5.74) is 2.25. The Morgan fingerprint density at radius 2 is 1.28 bits per heavy atom. The molecule has 0 saturated heterocycles. The molecule has 0 aliphatic rings. The summed E-state index contributed by atoms with van der Waals surface area (Å²) in [5.74, 6) is 2.27. The molecule has 188 valence electrons. The number of anilines is 2. The Morgan fingerprint density at radius 1 is 0.667 bits per heavy atom. The molecule has 0 unspecified atom stereocenters. The van der Waals surface area contributed by atoms with Crippen LogP contribution in [0.3, 0.4) is 0 Å². The van der Waals surface area contributed by atoms with Gasteiger partial charge < -0.3 is 33.7 Å². The highest BCUT2D eigenvalue weighted by molar-refractivity contribution is 6.06. The summed E-state index contributed by atoms with van der Waals surface area (Å²) < 4.78 is 47.5. The molecule has 0 fully saturated rings. The predicted octanol–water partition coefficient (Wildman–Crippen LogP) is 5.23. The van der Waals surface area contributed by atoms with Gasteiger partial charge in [-0.15, -0.1) is 0 Å². The average Bonchev–Trinajstić information content (AvgIpc) is 2.91. The second kappa shape index (κ2) is 10.4. The fraction of sp³-hybridized carbons (Fsp3) is 0.231. The lowest BCUT2D eigenvalue weighted by Gasteiger charge is -2.19. The van der Waals surface area contributed by atoms with Crippen molar-refractivity contribution in [1.29, 1.82) is 0 Å². The van der Waals surface area contributed by atoms with E-state index < -0.39 is 5.82 Å². The summed E-state index contributed by atoms with van der Waals surface area (Å²) in [6.45, 7) is 0. The summed E-state index contributed by atoms with van der Waals surface area (Å²) in [7, 11) is 9.06. The minimum Gasteiger partial charge on any atom is -0.494 e. The minimum absolute atomic E-state index is 0.122. The molecule has 0 aliphatic carbocycles. The third-order valence-corrected chi connectivity index (χ3v) is 5.64. The zero-order valence-corrected chi connectivity index (χ0v) is 20.8. The second-order valence-corrected chi connectivity index (χ2v) is 7.49. The van der Waals surface area contributed by atoms with Gasteiger partial charge in [-0.2, -0.15) is 0 Å². The molecule has 3 aromatic carbocycles. The predicted molar refractivity (Wildman–Crippen MR) is 134 cm³/mol. The molecule has 1 N–H and O–H groups in total. The summed E-state index contributed by atoms with van der Waals surface area (Å²) in [6.07, 6.45) is 1.42. The van der Waals surface area contributed by atoms with Gasteiger partial charge in [-0.05, 0) is 17.7 Å². The first kappa shape index (κ1) is 24.6. The molecule has 1 aromatic heterocycles. The number of methoxy groups -OCH3 is 6. The highest BCUT2D eigenvalue weighted by Gasteiger charge is 2.22. The van der Waals surface area contributed by atoms with Crippen molar-refractivity contribution in [3.8, 4) is 45.6 Å². The summed E-state index contributed by atoms with van der Waals surface area (Å²) in [4.78, 5) is 8.91. The molecule has 0 amide bonds. The van der Waals surface area contributed by atoms with E-state index in [1.54, 1.807) is 30.3 Å². The quantitative estimate of drug-likeness (QED) is 0.335. The van der Waals surface area contributed by atoms with Crippen molar-refractivity contribution in [3.05, 3.63) is 48.5 Å². The van der Waals surface area contributed by atoms with Gasteiger partial charge in [0.15, 0.2) is 34.6 Å². The van der Waals surface area contributed by atoms with E-state index in [4.69, 9.17) is 28.4 Å². The molecule has 4 aromatic rings. The highest BCUT2D eigenvalue weighted by Crippen LogP contribution is 2.47. The number of nitrogens with one attached hydrogen (secondary N) is 1. The molecule has 0 spiro atoms. The van der Waals surface area contributed by atoms with Crippen molar-refractivity contribution < 1.29 is 32.8 Å². The Morgan fingerprint density at radius 3 is 1.83 bits per heavy atom. The van der Waals surface area contributed by atoms with Crippen LogP contribution in [-0.4, -0.2) is 52.6 Å². The van der Waals surface area contributed by atoms with Crippen LogP contribution < -0.4 is 33.7 Å². The van der Waals surface area contributed by atoms with Gasteiger partial charge in [-0.25, -0.2) is 14.4 Å². The van der Waals surface area contributed by atoms with Crippen LogP contribution in [-0.2, 0) is 0 Å². The number of ether oxygens (including phenoxy) is 6. The first-order chi connectivity index (χ1) is 17.5. The first-order valence-corrected chi connectivity index (χ1v) is 10.8. The molecule has 0 bridgehead atoms. The van der Waals surface area contributed by atoms with E-state index in [2.05, 4.69) is 15.3 Å². The molecule has 0 atom stereocenters. The van der Waals surface area contributed by atoms with Crippen molar-refractivity contribution in [1.82, 2.24) is 9.97 Å². The second-order valence-electron chi connectivity index (χ2n) is 7.49. The van der Waals surface area contributed by atoms with E-state index in [0.29, 0.717) is 62.3 Å². The lowest BCUT2D eigenvalue weighted by molar-refractivity contribution is 0.324. The van der Waals surface area contributed by atoms with Gasteiger partial charge >= 0.3 is 0 Å². The number of hydrogen-bond donors (Lipinski definition) is 1. The Kier molecular flexibility index (Phi) is 7.14. The Labute approximate surface area is 207 Å². The van der Waals surface area contributed by atoms with Crippen LogP contribution in [0.25, 0.3) is 22.0 Å². The van der Waals surface area contributed by atoms with Crippen molar-refractivity contribution in [2.24, 2.45) is 0 Å². The van der Waals surface area contributed by atoms with E-state index in [1.165, 1.54) is 55.1 Å². The van der Waals surface area contributed by atoms with Crippen molar-refractivity contribution in [3.63, 3.8) is 0 Å². The number of aromatic nitrogens is 2. The maximum atomic E-state index is 14.8. The highest BCUT2D eigenvalue weighted by atomic mass is 19.1. The SMILES string of the molecule is COc1ccc(-c2c(OC)c(OC)cc3ncnc(Nc4cc(OC)c(OC)c(OC)c4)c23)cc1F. The van der Waals surface area contributed by atoms with Gasteiger partial charge in [0.2, 0.25) is 5.75 Å². The zero-order valence-electron chi connectivity index (χ0n) is 20.8. The van der Waals surface area contributed by atoms with Crippen molar-refractivity contribution in [2.75, 3.05) is 48.0 Å². The van der Waals surface area contributed by atoms with Crippen LogP contribution in [0.1, 0.15) is 0 Å². The van der Waals surface area contributed by atoms with Crippen LogP contribution >= 0.6 is 0 Å². The maximum Gasteiger partial charge on any atom is 0.203 e. The van der Waals surface area contributed by atoms with Crippen molar-refractivity contribution in [2.45, 2.75) is 0 Å². The Balaban J connectivity index is 1.99. The van der Waals surface area contributed by atoms with Gasteiger partial charge in [0.25, 0.3) is 0 Å². The summed E-state index contributed by atoms with van der Waals surface area (Å²) in [6, 6.07) is 9.89. The summed E-state index contributed by atoms with van der Waals surface area (Å²) >= 11 is 0. The fourth-order valence-corrected chi connectivity index (χ4v) is 4.02. The number of benzene rings is 3. The molecule has 4 rings (SSSR count). The van der Waals surface area contributed by atoms with E-state index in [1.807, 2.05) is 0 Å². The molecule has 36 heavy (non-hydrogen) atoms. The van der Waals surface area contributed by atoms with E-state index in [9.17, 15) is 4.39 Å². The Hall–Kier alpha value is -4.47. The zero-order chi connectivity index (χ0) is 25.8. The molecule has 0 radical (unpaired) electrons. The summed E-state index contributed by atoms with van der Waals surface area (Å²) in [5, 5.41) is 3.89. The lowest BCUT2D eigenvalue weighted by atomic mass is 9.98. The number of rotatable bonds is 9. The van der Waals surface area contributed by atoms with Crippen LogP contribution in [0.5, 0.6) is 34.5 Å². The van der Waals surface area contributed by atoms with E-state index in [-0.39, 0.29) is 5.75 Å². The topological polar surface area (TPSA) is 93.2 Å². The maximum absolute atomic E-state index is 14.8. The number of nitrogens with zero attached hydrogens (tertiary/aromatic N) is 2. The van der Waals surface area contributed by atoms with Crippen molar-refractivity contribution >= 4 is 22.4 Å². The molecule has 1 heterocycles.